The Hall–Kier alpha value is -1.35. The number of likely N-dealkylation sites (N-methyl/N-ethyl adjacent to an activating group) is 1. The Morgan fingerprint density at radius 2 is 1.86 bits per heavy atom. The van der Waals surface area contributed by atoms with E-state index >= 15 is 0 Å². The van der Waals surface area contributed by atoms with Gasteiger partial charge in [-0.25, -0.2) is 0 Å². The highest BCUT2D eigenvalue weighted by Gasteiger charge is 2.31. The standard InChI is InChI=1S/C18H28N2O/c1-5-14-8-7-9-15(6-2)18(14)19-17(21)12-20(4)13(3)16-10-11-16/h7-9,13,16H,5-6,10-12H2,1-4H3,(H,19,21). The van der Waals surface area contributed by atoms with Gasteiger partial charge >= 0.3 is 0 Å². The number of benzene rings is 1. The zero-order valence-electron chi connectivity index (χ0n) is 13.8. The molecule has 1 fully saturated rings. The Kier molecular flexibility index (Phi) is 5.40. The third-order valence-corrected chi connectivity index (χ3v) is 4.66. The number of hydrogen-bond acceptors (Lipinski definition) is 2. The van der Waals surface area contributed by atoms with Crippen molar-refractivity contribution in [2.45, 2.75) is 52.5 Å². The lowest BCUT2D eigenvalue weighted by molar-refractivity contribution is -0.117. The molecule has 1 saturated carbocycles. The number of para-hydroxylation sites is 1. The Morgan fingerprint density at radius 1 is 1.29 bits per heavy atom. The molecule has 1 unspecified atom stereocenters. The van der Waals surface area contributed by atoms with Crippen molar-refractivity contribution >= 4 is 11.6 Å². The lowest BCUT2D eigenvalue weighted by atomic mass is 10.0. The van der Waals surface area contributed by atoms with E-state index in [1.807, 2.05) is 0 Å². The van der Waals surface area contributed by atoms with Crippen LogP contribution in [0, 0.1) is 5.92 Å². The van der Waals surface area contributed by atoms with Gasteiger partial charge in [0.1, 0.15) is 0 Å². The normalized spacial score (nSPS) is 16.0. The summed E-state index contributed by atoms with van der Waals surface area (Å²) in [5.41, 5.74) is 3.47. The van der Waals surface area contributed by atoms with Gasteiger partial charge in [-0.05, 0) is 56.7 Å². The topological polar surface area (TPSA) is 32.3 Å². The summed E-state index contributed by atoms with van der Waals surface area (Å²) in [6.07, 6.45) is 4.51. The second-order valence-electron chi connectivity index (χ2n) is 6.20. The minimum absolute atomic E-state index is 0.0978. The van der Waals surface area contributed by atoms with Gasteiger partial charge in [0.25, 0.3) is 0 Å². The van der Waals surface area contributed by atoms with E-state index in [0.717, 1.165) is 24.4 Å². The largest absolute Gasteiger partial charge is 0.324 e. The molecule has 1 aliphatic carbocycles. The molecule has 2 rings (SSSR count). The number of carbonyl (C=O) groups is 1. The number of hydrogen-bond donors (Lipinski definition) is 1. The molecule has 1 N–H and O–H groups in total. The van der Waals surface area contributed by atoms with Crippen LogP contribution in [0.2, 0.25) is 0 Å². The molecule has 3 heteroatoms. The SMILES string of the molecule is CCc1cccc(CC)c1NC(=O)CN(C)C(C)C1CC1. The maximum absolute atomic E-state index is 12.4. The molecule has 0 spiro atoms. The number of nitrogens with one attached hydrogen (secondary N) is 1. The maximum Gasteiger partial charge on any atom is 0.238 e. The maximum atomic E-state index is 12.4. The van der Waals surface area contributed by atoms with Crippen LogP contribution >= 0.6 is 0 Å². The summed E-state index contributed by atoms with van der Waals surface area (Å²) in [5, 5.41) is 3.15. The van der Waals surface area contributed by atoms with Crippen molar-refractivity contribution in [3.05, 3.63) is 29.3 Å². The average molecular weight is 288 g/mol. The zero-order chi connectivity index (χ0) is 15.4. The first-order valence-electron chi connectivity index (χ1n) is 8.17. The van der Waals surface area contributed by atoms with E-state index in [-0.39, 0.29) is 5.91 Å². The first-order chi connectivity index (χ1) is 10.1. The summed E-state index contributed by atoms with van der Waals surface area (Å²) in [6, 6.07) is 6.79. The van der Waals surface area contributed by atoms with Crippen LogP contribution in [0.15, 0.2) is 18.2 Å². The van der Waals surface area contributed by atoms with E-state index in [1.165, 1.54) is 24.0 Å². The predicted molar refractivity (Wildman–Crippen MR) is 88.6 cm³/mol. The van der Waals surface area contributed by atoms with E-state index in [0.29, 0.717) is 12.6 Å². The Morgan fingerprint density at radius 3 is 2.33 bits per heavy atom. The van der Waals surface area contributed by atoms with Crippen molar-refractivity contribution in [2.75, 3.05) is 18.9 Å². The quantitative estimate of drug-likeness (QED) is 0.833. The predicted octanol–water partition coefficient (Wildman–Crippen LogP) is 3.48. The smallest absolute Gasteiger partial charge is 0.238 e. The molecule has 1 aliphatic rings. The molecule has 3 nitrogen and oxygen atoms in total. The number of anilines is 1. The van der Waals surface area contributed by atoms with E-state index in [4.69, 9.17) is 0 Å². The molecule has 0 bridgehead atoms. The van der Waals surface area contributed by atoms with Crippen LogP contribution in [0.4, 0.5) is 5.69 Å². The molecule has 0 saturated heterocycles. The highest BCUT2D eigenvalue weighted by molar-refractivity contribution is 5.93. The molecule has 21 heavy (non-hydrogen) atoms. The second kappa shape index (κ2) is 7.08. The molecule has 0 radical (unpaired) electrons. The lowest BCUT2D eigenvalue weighted by Gasteiger charge is -2.24. The molecule has 0 heterocycles. The van der Waals surface area contributed by atoms with Crippen LogP contribution in [-0.2, 0) is 17.6 Å². The monoisotopic (exact) mass is 288 g/mol. The Bertz CT molecular complexity index is 472. The zero-order valence-corrected chi connectivity index (χ0v) is 13.8. The molecule has 116 valence electrons. The first kappa shape index (κ1) is 16.0. The molecule has 1 amide bonds. The third-order valence-electron chi connectivity index (χ3n) is 4.66. The van der Waals surface area contributed by atoms with Crippen LogP contribution in [0.3, 0.4) is 0 Å². The van der Waals surface area contributed by atoms with Gasteiger partial charge in [0.05, 0.1) is 6.54 Å². The average Bonchev–Trinajstić information content (AvgIpc) is 3.31. The van der Waals surface area contributed by atoms with Crippen molar-refractivity contribution in [3.63, 3.8) is 0 Å². The van der Waals surface area contributed by atoms with Gasteiger partial charge in [-0.2, -0.15) is 0 Å². The summed E-state index contributed by atoms with van der Waals surface area (Å²) < 4.78 is 0. The van der Waals surface area contributed by atoms with Crippen molar-refractivity contribution in [1.82, 2.24) is 4.90 Å². The summed E-state index contributed by atoms with van der Waals surface area (Å²) in [5.74, 6) is 0.887. The van der Waals surface area contributed by atoms with E-state index in [2.05, 4.69) is 56.2 Å². The second-order valence-corrected chi connectivity index (χ2v) is 6.20. The van der Waals surface area contributed by atoms with Gasteiger partial charge < -0.3 is 5.32 Å². The first-order valence-corrected chi connectivity index (χ1v) is 8.17. The van der Waals surface area contributed by atoms with Crippen LogP contribution in [0.5, 0.6) is 0 Å². The summed E-state index contributed by atoms with van der Waals surface area (Å²) >= 11 is 0. The van der Waals surface area contributed by atoms with Crippen LogP contribution in [0.1, 0.15) is 44.7 Å². The highest BCUT2D eigenvalue weighted by Crippen LogP contribution is 2.34. The minimum atomic E-state index is 0.0978. The molecular formula is C18H28N2O. The van der Waals surface area contributed by atoms with Crippen LogP contribution < -0.4 is 5.32 Å². The highest BCUT2D eigenvalue weighted by atomic mass is 16.2. The molecule has 0 aliphatic heterocycles. The molecular weight excluding hydrogens is 260 g/mol. The molecule has 1 atom stereocenters. The van der Waals surface area contributed by atoms with Crippen molar-refractivity contribution < 1.29 is 4.79 Å². The van der Waals surface area contributed by atoms with Gasteiger partial charge in [0, 0.05) is 11.7 Å². The lowest BCUT2D eigenvalue weighted by Crippen LogP contribution is -2.37. The molecule has 1 aromatic carbocycles. The number of carbonyl (C=O) groups excluding carboxylic acids is 1. The van der Waals surface area contributed by atoms with E-state index in [9.17, 15) is 4.79 Å². The number of rotatable bonds is 7. The fourth-order valence-corrected chi connectivity index (χ4v) is 2.89. The summed E-state index contributed by atoms with van der Waals surface area (Å²) in [7, 11) is 2.05. The summed E-state index contributed by atoms with van der Waals surface area (Å²) in [6.45, 7) is 6.96. The van der Waals surface area contributed by atoms with Gasteiger partial charge in [-0.1, -0.05) is 32.0 Å². The van der Waals surface area contributed by atoms with Crippen molar-refractivity contribution in [2.24, 2.45) is 5.92 Å². The van der Waals surface area contributed by atoms with Crippen molar-refractivity contribution in [3.8, 4) is 0 Å². The number of aryl methyl sites for hydroxylation is 2. The van der Waals surface area contributed by atoms with Crippen LogP contribution in [-0.4, -0.2) is 30.4 Å². The van der Waals surface area contributed by atoms with Gasteiger partial charge in [0.15, 0.2) is 0 Å². The van der Waals surface area contributed by atoms with Gasteiger partial charge in [-0.3, -0.25) is 9.69 Å². The molecule has 0 aromatic heterocycles. The third kappa shape index (κ3) is 4.07. The number of amides is 1. The van der Waals surface area contributed by atoms with Crippen LogP contribution in [0.25, 0.3) is 0 Å². The van der Waals surface area contributed by atoms with Gasteiger partial charge in [0.2, 0.25) is 5.91 Å². The Labute approximate surface area is 128 Å². The van der Waals surface area contributed by atoms with E-state index in [1.54, 1.807) is 0 Å². The summed E-state index contributed by atoms with van der Waals surface area (Å²) in [4.78, 5) is 14.5. The Balaban J connectivity index is 2.01. The van der Waals surface area contributed by atoms with Gasteiger partial charge in [-0.15, -0.1) is 0 Å². The minimum Gasteiger partial charge on any atom is -0.324 e. The fraction of sp³-hybridized carbons (Fsp3) is 0.611. The van der Waals surface area contributed by atoms with E-state index < -0.39 is 0 Å². The molecule has 1 aromatic rings. The fourth-order valence-electron chi connectivity index (χ4n) is 2.89. The number of nitrogens with zero attached hydrogens (tertiary/aromatic N) is 1. The van der Waals surface area contributed by atoms with Crippen molar-refractivity contribution in [1.29, 1.82) is 0 Å².